The zero-order valence-corrected chi connectivity index (χ0v) is 11.4. The van der Waals surface area contributed by atoms with Gasteiger partial charge in [-0.2, -0.15) is 5.26 Å². The minimum absolute atomic E-state index is 0.130. The van der Waals surface area contributed by atoms with Gasteiger partial charge in [0.25, 0.3) is 0 Å². The molecule has 0 saturated heterocycles. The van der Waals surface area contributed by atoms with E-state index in [1.54, 1.807) is 24.3 Å². The van der Waals surface area contributed by atoms with E-state index in [9.17, 15) is 4.79 Å². The molecule has 0 saturated carbocycles. The fourth-order valence-electron chi connectivity index (χ4n) is 1.81. The van der Waals surface area contributed by atoms with Crippen LogP contribution in [0.2, 0.25) is 0 Å². The molecule has 0 unspecified atom stereocenters. The number of carboxylic acid groups (broad SMARTS) is 1. The van der Waals surface area contributed by atoms with Crippen molar-refractivity contribution in [2.24, 2.45) is 0 Å². The maximum absolute atomic E-state index is 10.9. The molecule has 0 aliphatic carbocycles. The molecule has 0 bridgehead atoms. The molecule has 0 aliphatic rings. The van der Waals surface area contributed by atoms with Crippen LogP contribution in [0.5, 0.6) is 11.5 Å². The van der Waals surface area contributed by atoms with Crippen molar-refractivity contribution in [3.8, 4) is 17.6 Å². The summed E-state index contributed by atoms with van der Waals surface area (Å²) in [6, 6.07) is 13.5. The lowest BCUT2D eigenvalue weighted by Crippen LogP contribution is -2.01. The standard InChI is InChI=1S/C16H13NO4/c1-20-15-8-13(16(18)19)5-6-14(15)21-10-12-4-2-3-11(7-12)9-17/h2-8H,10H2,1H3,(H,18,19). The van der Waals surface area contributed by atoms with Crippen molar-refractivity contribution < 1.29 is 19.4 Å². The van der Waals surface area contributed by atoms with E-state index in [4.69, 9.17) is 19.8 Å². The quantitative estimate of drug-likeness (QED) is 0.912. The monoisotopic (exact) mass is 283 g/mol. The van der Waals surface area contributed by atoms with Gasteiger partial charge in [0, 0.05) is 0 Å². The molecule has 0 heterocycles. The van der Waals surface area contributed by atoms with Crippen molar-refractivity contribution in [3.63, 3.8) is 0 Å². The van der Waals surface area contributed by atoms with Gasteiger partial charge in [-0.1, -0.05) is 12.1 Å². The number of rotatable bonds is 5. The lowest BCUT2D eigenvalue weighted by atomic mass is 10.1. The van der Waals surface area contributed by atoms with Gasteiger partial charge in [0.05, 0.1) is 24.3 Å². The maximum Gasteiger partial charge on any atom is 0.335 e. The Hall–Kier alpha value is -3.00. The van der Waals surface area contributed by atoms with Crippen LogP contribution in [0.1, 0.15) is 21.5 Å². The second-order valence-corrected chi connectivity index (χ2v) is 4.27. The number of methoxy groups -OCH3 is 1. The Balaban J connectivity index is 2.16. The van der Waals surface area contributed by atoms with Crippen molar-refractivity contribution >= 4 is 5.97 Å². The third-order valence-corrected chi connectivity index (χ3v) is 2.86. The van der Waals surface area contributed by atoms with Crippen LogP contribution in [0.15, 0.2) is 42.5 Å². The van der Waals surface area contributed by atoms with Crippen LogP contribution in [0.25, 0.3) is 0 Å². The Labute approximate surface area is 122 Å². The highest BCUT2D eigenvalue weighted by Crippen LogP contribution is 2.28. The van der Waals surface area contributed by atoms with Crippen molar-refractivity contribution in [1.29, 1.82) is 5.26 Å². The zero-order valence-electron chi connectivity index (χ0n) is 11.4. The summed E-state index contributed by atoms with van der Waals surface area (Å²) in [5.74, 6) is -0.224. The normalized spacial score (nSPS) is 9.71. The van der Waals surface area contributed by atoms with Gasteiger partial charge < -0.3 is 14.6 Å². The minimum atomic E-state index is -1.03. The van der Waals surface area contributed by atoms with Gasteiger partial charge in [0.1, 0.15) is 6.61 Å². The first-order valence-electron chi connectivity index (χ1n) is 6.17. The number of benzene rings is 2. The number of carbonyl (C=O) groups is 1. The highest BCUT2D eigenvalue weighted by molar-refractivity contribution is 5.88. The van der Waals surface area contributed by atoms with E-state index >= 15 is 0 Å². The molecule has 0 fully saturated rings. The summed E-state index contributed by atoms with van der Waals surface area (Å²) in [4.78, 5) is 10.9. The smallest absolute Gasteiger partial charge is 0.335 e. The van der Waals surface area contributed by atoms with Crippen LogP contribution in [0.3, 0.4) is 0 Å². The van der Waals surface area contributed by atoms with E-state index in [0.717, 1.165) is 5.56 Å². The second-order valence-electron chi connectivity index (χ2n) is 4.27. The number of aromatic carboxylic acids is 1. The van der Waals surface area contributed by atoms with Gasteiger partial charge >= 0.3 is 5.97 Å². The third-order valence-electron chi connectivity index (χ3n) is 2.86. The molecular weight excluding hydrogens is 270 g/mol. The Kier molecular flexibility index (Phi) is 4.42. The fraction of sp³-hybridized carbons (Fsp3) is 0.125. The zero-order chi connectivity index (χ0) is 15.2. The van der Waals surface area contributed by atoms with E-state index in [1.165, 1.54) is 19.2 Å². The number of carboxylic acids is 1. The molecule has 0 aromatic heterocycles. The van der Waals surface area contributed by atoms with Crippen molar-refractivity contribution in [1.82, 2.24) is 0 Å². The highest BCUT2D eigenvalue weighted by atomic mass is 16.5. The lowest BCUT2D eigenvalue weighted by molar-refractivity contribution is 0.0696. The molecular formula is C16H13NO4. The molecule has 2 aromatic rings. The fourth-order valence-corrected chi connectivity index (χ4v) is 1.81. The third kappa shape index (κ3) is 3.51. The maximum atomic E-state index is 10.9. The van der Waals surface area contributed by atoms with Gasteiger partial charge in [-0.05, 0) is 35.9 Å². The molecule has 0 aliphatic heterocycles. The first-order valence-corrected chi connectivity index (χ1v) is 6.17. The molecule has 2 aromatic carbocycles. The number of ether oxygens (including phenoxy) is 2. The average Bonchev–Trinajstić information content (AvgIpc) is 2.52. The van der Waals surface area contributed by atoms with Gasteiger partial charge in [0.15, 0.2) is 11.5 Å². The summed E-state index contributed by atoms with van der Waals surface area (Å²) in [7, 11) is 1.45. The summed E-state index contributed by atoms with van der Waals surface area (Å²) in [5, 5.41) is 17.8. The van der Waals surface area contributed by atoms with E-state index in [-0.39, 0.29) is 12.2 Å². The molecule has 5 nitrogen and oxygen atoms in total. The topological polar surface area (TPSA) is 79.6 Å². The first kappa shape index (κ1) is 14.4. The molecule has 0 atom stereocenters. The lowest BCUT2D eigenvalue weighted by Gasteiger charge is -2.11. The average molecular weight is 283 g/mol. The SMILES string of the molecule is COc1cc(C(=O)O)ccc1OCc1cccc(C#N)c1. The Morgan fingerprint density at radius 3 is 2.71 bits per heavy atom. The molecule has 0 amide bonds. The van der Waals surface area contributed by atoms with Crippen molar-refractivity contribution in [2.45, 2.75) is 6.61 Å². The highest BCUT2D eigenvalue weighted by Gasteiger charge is 2.10. The van der Waals surface area contributed by atoms with Gasteiger partial charge in [-0.3, -0.25) is 0 Å². The summed E-state index contributed by atoms with van der Waals surface area (Å²) in [6.45, 7) is 0.262. The van der Waals surface area contributed by atoms with Crippen molar-refractivity contribution in [3.05, 3.63) is 59.2 Å². The largest absolute Gasteiger partial charge is 0.493 e. The van der Waals surface area contributed by atoms with E-state index in [0.29, 0.717) is 17.1 Å². The molecule has 0 radical (unpaired) electrons. The van der Waals surface area contributed by atoms with Crippen LogP contribution < -0.4 is 9.47 Å². The second kappa shape index (κ2) is 6.44. The van der Waals surface area contributed by atoms with Crippen LogP contribution in [0, 0.1) is 11.3 Å². The Morgan fingerprint density at radius 2 is 2.05 bits per heavy atom. The number of hydrogen-bond acceptors (Lipinski definition) is 4. The first-order chi connectivity index (χ1) is 10.1. The summed E-state index contributed by atoms with van der Waals surface area (Å²) in [6.07, 6.45) is 0. The molecule has 21 heavy (non-hydrogen) atoms. The van der Waals surface area contributed by atoms with E-state index in [2.05, 4.69) is 6.07 Å². The van der Waals surface area contributed by atoms with E-state index in [1.807, 2.05) is 6.07 Å². The Bertz CT molecular complexity index is 704. The predicted octanol–water partition coefficient (Wildman–Crippen LogP) is 2.84. The van der Waals surface area contributed by atoms with Crippen LogP contribution in [-0.2, 0) is 6.61 Å². The van der Waals surface area contributed by atoms with Crippen LogP contribution in [0.4, 0.5) is 0 Å². The number of hydrogen-bond donors (Lipinski definition) is 1. The summed E-state index contributed by atoms with van der Waals surface area (Å²) in [5.41, 5.74) is 1.54. The molecule has 0 spiro atoms. The van der Waals surface area contributed by atoms with Gasteiger partial charge in [-0.25, -0.2) is 4.79 Å². The molecule has 1 N–H and O–H groups in total. The predicted molar refractivity (Wildman–Crippen MR) is 75.4 cm³/mol. The summed E-state index contributed by atoms with van der Waals surface area (Å²) >= 11 is 0. The minimum Gasteiger partial charge on any atom is -0.493 e. The van der Waals surface area contributed by atoms with Gasteiger partial charge in [-0.15, -0.1) is 0 Å². The van der Waals surface area contributed by atoms with Gasteiger partial charge in [0.2, 0.25) is 0 Å². The Morgan fingerprint density at radius 1 is 1.24 bits per heavy atom. The van der Waals surface area contributed by atoms with E-state index < -0.39 is 5.97 Å². The number of nitrogens with zero attached hydrogens (tertiary/aromatic N) is 1. The number of nitriles is 1. The van der Waals surface area contributed by atoms with Crippen LogP contribution in [-0.4, -0.2) is 18.2 Å². The summed E-state index contributed by atoms with van der Waals surface area (Å²) < 4.78 is 10.7. The molecule has 106 valence electrons. The molecule has 2 rings (SSSR count). The molecule has 5 heteroatoms. The van der Waals surface area contributed by atoms with Crippen molar-refractivity contribution in [2.75, 3.05) is 7.11 Å². The van der Waals surface area contributed by atoms with Crippen LogP contribution >= 0.6 is 0 Å².